The first-order valence-corrected chi connectivity index (χ1v) is 10.5. The molecule has 23 heavy (non-hydrogen) atoms. The SMILES string of the molecule is CCNP(=O)(CC)C(CNc1nc(C)c[nH]1)c1ncc(NC)s1. The number of hydrogen-bond acceptors (Lipinski definition) is 6. The lowest BCUT2D eigenvalue weighted by atomic mass is 10.4. The monoisotopic (exact) mass is 356 g/mol. The van der Waals surface area contributed by atoms with E-state index in [-0.39, 0.29) is 5.66 Å². The van der Waals surface area contributed by atoms with Gasteiger partial charge >= 0.3 is 0 Å². The number of anilines is 2. The van der Waals surface area contributed by atoms with Gasteiger partial charge in [0.1, 0.15) is 10.0 Å². The zero-order valence-corrected chi connectivity index (χ0v) is 15.7. The molecule has 9 heteroatoms. The molecule has 2 aromatic rings. The topological polar surface area (TPSA) is 94.7 Å². The summed E-state index contributed by atoms with van der Waals surface area (Å²) in [6, 6.07) is 0. The molecular formula is C14H25N6OPS. The van der Waals surface area contributed by atoms with Crippen LogP contribution in [0.25, 0.3) is 0 Å². The molecule has 2 unspecified atom stereocenters. The van der Waals surface area contributed by atoms with Gasteiger partial charge in [0.05, 0.1) is 17.5 Å². The molecule has 128 valence electrons. The molecule has 0 saturated heterocycles. The number of imidazole rings is 1. The van der Waals surface area contributed by atoms with Crippen molar-refractivity contribution in [2.24, 2.45) is 0 Å². The van der Waals surface area contributed by atoms with E-state index in [2.05, 4.69) is 30.7 Å². The summed E-state index contributed by atoms with van der Waals surface area (Å²) in [5.74, 6) is 0.692. The number of thiazole rings is 1. The molecule has 4 N–H and O–H groups in total. The number of nitrogens with zero attached hydrogens (tertiary/aromatic N) is 2. The average molecular weight is 356 g/mol. The molecule has 0 aliphatic carbocycles. The van der Waals surface area contributed by atoms with Gasteiger partial charge in [-0.3, -0.25) is 5.09 Å². The highest BCUT2D eigenvalue weighted by Gasteiger charge is 2.34. The minimum absolute atomic E-state index is 0.190. The maximum atomic E-state index is 13.4. The van der Waals surface area contributed by atoms with Gasteiger partial charge in [-0.25, -0.2) is 9.97 Å². The molecule has 0 aliphatic heterocycles. The van der Waals surface area contributed by atoms with Crippen molar-refractivity contribution in [2.75, 3.05) is 36.9 Å². The van der Waals surface area contributed by atoms with Crippen LogP contribution in [-0.2, 0) is 4.57 Å². The Hall–Kier alpha value is -1.37. The van der Waals surface area contributed by atoms with Gasteiger partial charge < -0.3 is 20.2 Å². The first kappa shape index (κ1) is 18.0. The van der Waals surface area contributed by atoms with Gasteiger partial charge in [0.15, 0.2) is 13.2 Å². The summed E-state index contributed by atoms with van der Waals surface area (Å²) in [4.78, 5) is 11.9. The standard InChI is InChI=1S/C14H25N6OPS/c1-5-19-22(21,6-2)11(13-16-9-12(15-4)23-13)8-18-14-17-7-10(3)20-14/h7,9,11,15H,5-6,8H2,1-4H3,(H,19,21)(H2,17,18,20). The van der Waals surface area contributed by atoms with Crippen molar-refractivity contribution in [3.63, 3.8) is 0 Å². The molecule has 0 spiro atoms. The second kappa shape index (κ2) is 7.95. The molecule has 0 saturated carbocycles. The number of rotatable bonds is 9. The van der Waals surface area contributed by atoms with E-state index >= 15 is 0 Å². The van der Waals surface area contributed by atoms with E-state index < -0.39 is 7.29 Å². The zero-order valence-electron chi connectivity index (χ0n) is 14.0. The summed E-state index contributed by atoms with van der Waals surface area (Å²) in [7, 11) is -0.733. The smallest absolute Gasteiger partial charge is 0.200 e. The van der Waals surface area contributed by atoms with Crippen LogP contribution in [0, 0.1) is 6.92 Å². The number of aromatic amines is 1. The maximum absolute atomic E-state index is 13.4. The second-order valence-electron chi connectivity index (χ2n) is 5.22. The predicted octanol–water partition coefficient (Wildman–Crippen LogP) is 3.28. The Kier molecular flexibility index (Phi) is 6.21. The normalized spacial score (nSPS) is 15.1. The fraction of sp³-hybridized carbons (Fsp3) is 0.571. The highest BCUT2D eigenvalue weighted by molar-refractivity contribution is 7.62. The quantitative estimate of drug-likeness (QED) is 0.515. The van der Waals surface area contributed by atoms with E-state index in [0.29, 0.717) is 25.2 Å². The molecule has 2 aromatic heterocycles. The van der Waals surface area contributed by atoms with Crippen LogP contribution in [0.4, 0.5) is 10.9 Å². The number of aromatic nitrogens is 3. The lowest BCUT2D eigenvalue weighted by Crippen LogP contribution is -2.22. The number of H-pyrrole nitrogens is 1. The molecule has 0 aromatic carbocycles. The predicted molar refractivity (Wildman–Crippen MR) is 98.0 cm³/mol. The van der Waals surface area contributed by atoms with Gasteiger partial charge in [-0.15, -0.1) is 11.3 Å². The summed E-state index contributed by atoms with van der Waals surface area (Å²) in [5, 5.41) is 11.4. The summed E-state index contributed by atoms with van der Waals surface area (Å²) < 4.78 is 13.4. The van der Waals surface area contributed by atoms with Gasteiger partial charge in [-0.05, 0) is 13.5 Å². The van der Waals surface area contributed by atoms with E-state index in [1.54, 1.807) is 17.5 Å². The Morgan fingerprint density at radius 2 is 2.22 bits per heavy atom. The third-order valence-electron chi connectivity index (χ3n) is 3.62. The molecule has 7 nitrogen and oxygen atoms in total. The lowest BCUT2D eigenvalue weighted by molar-refractivity contribution is 0.556. The molecule has 0 amide bonds. The van der Waals surface area contributed by atoms with Gasteiger partial charge in [0.2, 0.25) is 0 Å². The van der Waals surface area contributed by atoms with Crippen molar-refractivity contribution >= 4 is 29.6 Å². The minimum Gasteiger partial charge on any atom is -0.379 e. The fourth-order valence-corrected chi connectivity index (χ4v) is 6.03. The molecule has 0 bridgehead atoms. The fourth-order valence-electron chi connectivity index (χ4n) is 2.38. The van der Waals surface area contributed by atoms with Crippen LogP contribution < -0.4 is 15.7 Å². The Morgan fingerprint density at radius 1 is 1.43 bits per heavy atom. The third kappa shape index (κ3) is 4.34. The van der Waals surface area contributed by atoms with Crippen molar-refractivity contribution in [1.82, 2.24) is 20.0 Å². The van der Waals surface area contributed by atoms with Gasteiger partial charge in [-0.1, -0.05) is 13.8 Å². The van der Waals surface area contributed by atoms with E-state index in [0.717, 1.165) is 15.7 Å². The second-order valence-corrected chi connectivity index (χ2v) is 9.45. The summed E-state index contributed by atoms with van der Waals surface area (Å²) in [5.41, 5.74) is 0.728. The minimum atomic E-state index is -2.59. The Labute approximate surface area is 141 Å². The van der Waals surface area contributed by atoms with Crippen LogP contribution in [0.15, 0.2) is 12.4 Å². The summed E-state index contributed by atoms with van der Waals surface area (Å²) in [6.07, 6.45) is 4.21. The average Bonchev–Trinajstić information content (AvgIpc) is 3.17. The summed E-state index contributed by atoms with van der Waals surface area (Å²) >= 11 is 1.54. The van der Waals surface area contributed by atoms with E-state index in [9.17, 15) is 4.57 Å². The van der Waals surface area contributed by atoms with Crippen molar-refractivity contribution in [1.29, 1.82) is 0 Å². The molecule has 2 heterocycles. The molecule has 2 rings (SSSR count). The zero-order chi connectivity index (χ0) is 16.9. The van der Waals surface area contributed by atoms with E-state index in [1.807, 2.05) is 34.0 Å². The largest absolute Gasteiger partial charge is 0.379 e. The molecule has 0 aliphatic rings. The Balaban J connectivity index is 2.24. The highest BCUT2D eigenvalue weighted by atomic mass is 32.1. The Morgan fingerprint density at radius 3 is 2.74 bits per heavy atom. The summed E-state index contributed by atoms with van der Waals surface area (Å²) in [6.45, 7) is 7.05. The van der Waals surface area contributed by atoms with Gasteiger partial charge in [-0.2, -0.15) is 0 Å². The highest BCUT2D eigenvalue weighted by Crippen LogP contribution is 2.56. The number of aryl methyl sites for hydroxylation is 1. The van der Waals surface area contributed by atoms with Gasteiger partial charge in [0.25, 0.3) is 0 Å². The van der Waals surface area contributed by atoms with Crippen molar-refractivity contribution in [2.45, 2.75) is 26.4 Å². The van der Waals surface area contributed by atoms with E-state index in [4.69, 9.17) is 0 Å². The van der Waals surface area contributed by atoms with Crippen LogP contribution >= 0.6 is 18.6 Å². The van der Waals surface area contributed by atoms with Crippen molar-refractivity contribution < 1.29 is 4.57 Å². The van der Waals surface area contributed by atoms with Crippen LogP contribution in [0.2, 0.25) is 0 Å². The Bertz CT molecular complexity index is 670. The van der Waals surface area contributed by atoms with Crippen LogP contribution in [0.3, 0.4) is 0 Å². The van der Waals surface area contributed by atoms with Crippen LogP contribution in [-0.4, -0.2) is 41.3 Å². The number of hydrogen-bond donors (Lipinski definition) is 4. The van der Waals surface area contributed by atoms with Gasteiger partial charge in [0, 0.05) is 26.0 Å². The molecule has 0 fully saturated rings. The first-order valence-electron chi connectivity index (χ1n) is 7.75. The lowest BCUT2D eigenvalue weighted by Gasteiger charge is -2.26. The van der Waals surface area contributed by atoms with Crippen LogP contribution in [0.1, 0.15) is 30.2 Å². The van der Waals surface area contributed by atoms with Crippen molar-refractivity contribution in [3.05, 3.63) is 23.1 Å². The van der Waals surface area contributed by atoms with E-state index in [1.165, 1.54) is 0 Å². The number of nitrogens with one attached hydrogen (secondary N) is 4. The molecular weight excluding hydrogens is 331 g/mol. The third-order valence-corrected chi connectivity index (χ3v) is 8.15. The van der Waals surface area contributed by atoms with Crippen LogP contribution in [0.5, 0.6) is 0 Å². The molecule has 0 radical (unpaired) electrons. The van der Waals surface area contributed by atoms with Crippen molar-refractivity contribution in [3.8, 4) is 0 Å². The molecule has 2 atom stereocenters. The maximum Gasteiger partial charge on any atom is 0.200 e. The first-order chi connectivity index (χ1) is 11.0.